The third-order valence-electron chi connectivity index (χ3n) is 2.11. The van der Waals surface area contributed by atoms with Crippen LogP contribution in [0.5, 0.6) is 0 Å². The lowest BCUT2D eigenvalue weighted by Gasteiger charge is -2.27. The Morgan fingerprint density at radius 1 is 1.36 bits per heavy atom. The van der Waals surface area contributed by atoms with Crippen molar-refractivity contribution >= 4 is 0 Å². The SMILES string of the molecule is C1=CNN(C2CCNC2)C=C1. The van der Waals surface area contributed by atoms with Crippen molar-refractivity contribution in [2.24, 2.45) is 0 Å². The topological polar surface area (TPSA) is 27.3 Å². The van der Waals surface area contributed by atoms with E-state index >= 15 is 0 Å². The summed E-state index contributed by atoms with van der Waals surface area (Å²) in [5, 5.41) is 5.48. The van der Waals surface area contributed by atoms with E-state index in [1.54, 1.807) is 0 Å². The average molecular weight is 151 g/mol. The molecule has 0 aromatic carbocycles. The van der Waals surface area contributed by atoms with Gasteiger partial charge in [-0.2, -0.15) is 0 Å². The van der Waals surface area contributed by atoms with Crippen molar-refractivity contribution in [2.75, 3.05) is 13.1 Å². The Morgan fingerprint density at radius 2 is 2.36 bits per heavy atom. The Hall–Kier alpha value is -0.960. The lowest BCUT2D eigenvalue weighted by Crippen LogP contribution is -2.40. The summed E-state index contributed by atoms with van der Waals surface area (Å²) < 4.78 is 0. The van der Waals surface area contributed by atoms with Crippen LogP contribution in [0.1, 0.15) is 6.42 Å². The van der Waals surface area contributed by atoms with Gasteiger partial charge in [-0.05, 0) is 25.1 Å². The number of nitrogens with one attached hydrogen (secondary N) is 2. The van der Waals surface area contributed by atoms with Crippen molar-refractivity contribution in [3.63, 3.8) is 0 Å². The van der Waals surface area contributed by atoms with Crippen LogP contribution in [-0.4, -0.2) is 24.1 Å². The molecule has 2 heterocycles. The highest BCUT2D eigenvalue weighted by atomic mass is 15.5. The minimum atomic E-state index is 0.621. The van der Waals surface area contributed by atoms with Crippen LogP contribution < -0.4 is 10.7 Å². The molecule has 1 fully saturated rings. The zero-order chi connectivity index (χ0) is 7.52. The van der Waals surface area contributed by atoms with E-state index in [-0.39, 0.29) is 0 Å². The molecule has 0 aromatic rings. The summed E-state index contributed by atoms with van der Waals surface area (Å²) in [6.45, 7) is 2.23. The Morgan fingerprint density at radius 3 is 3.00 bits per heavy atom. The summed E-state index contributed by atoms with van der Waals surface area (Å²) in [4.78, 5) is 0. The van der Waals surface area contributed by atoms with Crippen molar-refractivity contribution < 1.29 is 0 Å². The quantitative estimate of drug-likeness (QED) is 0.560. The van der Waals surface area contributed by atoms with Crippen molar-refractivity contribution in [3.05, 3.63) is 24.6 Å². The first-order chi connectivity index (χ1) is 5.47. The first-order valence-electron chi connectivity index (χ1n) is 4.05. The van der Waals surface area contributed by atoms with Gasteiger partial charge in [0.2, 0.25) is 0 Å². The molecule has 0 spiro atoms. The van der Waals surface area contributed by atoms with Crippen LogP contribution in [0.3, 0.4) is 0 Å². The highest BCUT2D eigenvalue weighted by Crippen LogP contribution is 2.07. The van der Waals surface area contributed by atoms with Crippen molar-refractivity contribution in [2.45, 2.75) is 12.5 Å². The standard InChI is InChI=1S/C8H13N3/c1-2-6-11(10-4-1)8-3-5-9-7-8/h1-2,4,6,8-10H,3,5,7H2. The van der Waals surface area contributed by atoms with E-state index in [1.807, 2.05) is 12.3 Å². The normalized spacial score (nSPS) is 29.1. The molecule has 0 amide bonds. The first kappa shape index (κ1) is 6.73. The van der Waals surface area contributed by atoms with Gasteiger partial charge in [0.15, 0.2) is 0 Å². The van der Waals surface area contributed by atoms with E-state index in [0.29, 0.717) is 6.04 Å². The summed E-state index contributed by atoms with van der Waals surface area (Å²) in [6.07, 6.45) is 9.31. The summed E-state index contributed by atoms with van der Waals surface area (Å²) in [5.74, 6) is 0. The molecule has 60 valence electrons. The van der Waals surface area contributed by atoms with Gasteiger partial charge in [-0.3, -0.25) is 5.01 Å². The van der Waals surface area contributed by atoms with Gasteiger partial charge in [0.25, 0.3) is 0 Å². The number of nitrogens with zero attached hydrogens (tertiary/aromatic N) is 1. The largest absolute Gasteiger partial charge is 0.315 e. The predicted octanol–water partition coefficient (Wildman–Crippen LogP) is 0.196. The van der Waals surface area contributed by atoms with E-state index in [0.717, 1.165) is 13.1 Å². The van der Waals surface area contributed by atoms with Crippen LogP contribution in [0, 0.1) is 0 Å². The Bertz CT molecular complexity index is 180. The molecule has 2 rings (SSSR count). The van der Waals surface area contributed by atoms with Crippen LogP contribution in [-0.2, 0) is 0 Å². The second-order valence-corrected chi connectivity index (χ2v) is 2.88. The maximum atomic E-state index is 3.33. The van der Waals surface area contributed by atoms with Gasteiger partial charge in [-0.15, -0.1) is 0 Å². The van der Waals surface area contributed by atoms with Crippen LogP contribution in [0.4, 0.5) is 0 Å². The van der Waals surface area contributed by atoms with Gasteiger partial charge in [0.05, 0.1) is 6.04 Å². The molecule has 2 aliphatic rings. The molecule has 3 nitrogen and oxygen atoms in total. The summed E-state index contributed by atoms with van der Waals surface area (Å²) in [5.41, 5.74) is 3.19. The van der Waals surface area contributed by atoms with Gasteiger partial charge in [-0.1, -0.05) is 0 Å². The van der Waals surface area contributed by atoms with Gasteiger partial charge < -0.3 is 10.7 Å². The minimum absolute atomic E-state index is 0.621. The molecule has 2 aliphatic heterocycles. The van der Waals surface area contributed by atoms with Crippen LogP contribution >= 0.6 is 0 Å². The fraction of sp³-hybridized carbons (Fsp3) is 0.500. The fourth-order valence-electron chi connectivity index (χ4n) is 1.47. The van der Waals surface area contributed by atoms with Gasteiger partial charge in [0, 0.05) is 18.9 Å². The van der Waals surface area contributed by atoms with Gasteiger partial charge in [0.1, 0.15) is 0 Å². The number of hydrazine groups is 1. The molecule has 3 heteroatoms. The zero-order valence-corrected chi connectivity index (χ0v) is 6.46. The summed E-state index contributed by atoms with van der Waals surface area (Å²) in [7, 11) is 0. The highest BCUT2D eigenvalue weighted by molar-refractivity contribution is 5.06. The lowest BCUT2D eigenvalue weighted by molar-refractivity contribution is 0.238. The minimum Gasteiger partial charge on any atom is -0.315 e. The van der Waals surface area contributed by atoms with Crippen LogP contribution in [0.25, 0.3) is 0 Å². The molecule has 0 bridgehead atoms. The van der Waals surface area contributed by atoms with Crippen molar-refractivity contribution in [1.82, 2.24) is 15.8 Å². The molecule has 0 saturated carbocycles. The molecule has 0 radical (unpaired) electrons. The molecular weight excluding hydrogens is 138 g/mol. The average Bonchev–Trinajstić information content (AvgIpc) is 2.58. The number of rotatable bonds is 1. The van der Waals surface area contributed by atoms with E-state index < -0.39 is 0 Å². The predicted molar refractivity (Wildman–Crippen MR) is 44.5 cm³/mol. The molecular formula is C8H13N3. The van der Waals surface area contributed by atoms with Gasteiger partial charge in [-0.25, -0.2) is 0 Å². The number of hydrogen-bond acceptors (Lipinski definition) is 3. The first-order valence-corrected chi connectivity index (χ1v) is 4.05. The zero-order valence-electron chi connectivity index (χ0n) is 6.46. The Labute approximate surface area is 66.7 Å². The molecule has 0 aromatic heterocycles. The Kier molecular flexibility index (Phi) is 1.81. The smallest absolute Gasteiger partial charge is 0.0633 e. The molecule has 0 aliphatic carbocycles. The van der Waals surface area contributed by atoms with E-state index in [9.17, 15) is 0 Å². The summed E-state index contributed by atoms with van der Waals surface area (Å²) in [6, 6.07) is 0.621. The second-order valence-electron chi connectivity index (χ2n) is 2.88. The molecule has 1 atom stereocenters. The molecule has 11 heavy (non-hydrogen) atoms. The van der Waals surface area contributed by atoms with Crippen molar-refractivity contribution in [1.29, 1.82) is 0 Å². The van der Waals surface area contributed by atoms with Crippen LogP contribution in [0.2, 0.25) is 0 Å². The fourth-order valence-corrected chi connectivity index (χ4v) is 1.47. The van der Waals surface area contributed by atoms with Gasteiger partial charge >= 0.3 is 0 Å². The number of hydrogen-bond donors (Lipinski definition) is 2. The molecule has 1 unspecified atom stereocenters. The van der Waals surface area contributed by atoms with E-state index in [2.05, 4.69) is 28.0 Å². The molecule has 1 saturated heterocycles. The maximum absolute atomic E-state index is 3.33. The van der Waals surface area contributed by atoms with Crippen molar-refractivity contribution in [3.8, 4) is 0 Å². The maximum Gasteiger partial charge on any atom is 0.0633 e. The monoisotopic (exact) mass is 151 g/mol. The summed E-state index contributed by atoms with van der Waals surface area (Å²) >= 11 is 0. The third-order valence-corrected chi connectivity index (χ3v) is 2.11. The number of allylic oxidation sites excluding steroid dienone is 2. The Balaban J connectivity index is 1.94. The van der Waals surface area contributed by atoms with E-state index in [4.69, 9.17) is 0 Å². The second kappa shape index (κ2) is 2.96. The third kappa shape index (κ3) is 1.38. The molecule has 2 N–H and O–H groups in total. The highest BCUT2D eigenvalue weighted by Gasteiger charge is 2.19. The lowest BCUT2D eigenvalue weighted by atomic mass is 10.2. The van der Waals surface area contributed by atoms with Crippen LogP contribution in [0.15, 0.2) is 24.6 Å². The van der Waals surface area contributed by atoms with E-state index in [1.165, 1.54) is 6.42 Å².